The van der Waals surface area contributed by atoms with Crippen LogP contribution >= 0.6 is 0 Å². The number of rotatable bonds is 7. The largest absolute Gasteiger partial charge is 0.493 e. The van der Waals surface area contributed by atoms with Crippen LogP contribution in [-0.2, 0) is 4.79 Å². The first kappa shape index (κ1) is 11.8. The van der Waals surface area contributed by atoms with Gasteiger partial charge in [0.15, 0.2) is 0 Å². The van der Waals surface area contributed by atoms with Gasteiger partial charge >= 0.3 is 0 Å². The predicted octanol–water partition coefficient (Wildman–Crippen LogP) is 3.21. The van der Waals surface area contributed by atoms with Crippen molar-refractivity contribution in [2.75, 3.05) is 6.61 Å². The normalized spacial score (nSPS) is 9.93. The highest BCUT2D eigenvalue weighted by Crippen LogP contribution is 2.08. The van der Waals surface area contributed by atoms with Gasteiger partial charge in [0.05, 0.1) is 6.61 Å². The van der Waals surface area contributed by atoms with Crippen LogP contribution in [0.4, 0.5) is 0 Å². The first-order valence-corrected chi connectivity index (χ1v) is 5.52. The van der Waals surface area contributed by atoms with Crippen LogP contribution in [0.2, 0.25) is 0 Å². The lowest BCUT2D eigenvalue weighted by molar-refractivity contribution is -0.119. The average Bonchev–Trinajstić information content (AvgIpc) is 2.28. The quantitative estimate of drug-likeness (QED) is 0.684. The molecule has 1 aromatic carbocycles. The Morgan fingerprint density at radius 3 is 2.60 bits per heavy atom. The molecule has 0 spiro atoms. The molecule has 0 aliphatic carbocycles. The summed E-state index contributed by atoms with van der Waals surface area (Å²) >= 11 is 0. The Labute approximate surface area is 91.3 Å². The van der Waals surface area contributed by atoms with Gasteiger partial charge in [0, 0.05) is 12.8 Å². The number of unbranched alkanes of at least 4 members (excludes halogenated alkanes) is 1. The lowest BCUT2D eigenvalue weighted by Crippen LogP contribution is -2.05. The topological polar surface area (TPSA) is 26.3 Å². The molecule has 1 rings (SSSR count). The van der Waals surface area contributed by atoms with E-state index in [-0.39, 0.29) is 0 Å². The Morgan fingerprint density at radius 1 is 1.20 bits per heavy atom. The molecule has 0 aromatic heterocycles. The third kappa shape index (κ3) is 5.21. The summed E-state index contributed by atoms with van der Waals surface area (Å²) in [7, 11) is 0. The molecule has 0 aliphatic heterocycles. The Kier molecular flexibility index (Phi) is 5.52. The van der Waals surface area contributed by atoms with Gasteiger partial charge in [0.1, 0.15) is 11.5 Å². The Morgan fingerprint density at radius 2 is 1.93 bits per heavy atom. The zero-order valence-electron chi connectivity index (χ0n) is 9.24. The fraction of sp³-hybridized carbons (Fsp3) is 0.462. The number of Topliss-reactive ketones (excluding diaryl/α,β-unsaturated/α-hetero) is 1. The number of carbonyl (C=O) groups is 1. The van der Waals surface area contributed by atoms with Crippen molar-refractivity contribution >= 4 is 5.78 Å². The lowest BCUT2D eigenvalue weighted by atomic mass is 10.1. The van der Waals surface area contributed by atoms with E-state index in [9.17, 15) is 4.79 Å². The van der Waals surface area contributed by atoms with Crippen molar-refractivity contribution < 1.29 is 9.53 Å². The molecule has 0 aliphatic rings. The van der Waals surface area contributed by atoms with E-state index >= 15 is 0 Å². The van der Waals surface area contributed by atoms with Crippen LogP contribution in [0.15, 0.2) is 30.3 Å². The number of benzene rings is 1. The number of ketones is 1. The van der Waals surface area contributed by atoms with Gasteiger partial charge in [0.2, 0.25) is 0 Å². The molecule has 0 amide bonds. The Balaban J connectivity index is 2.14. The lowest BCUT2D eigenvalue weighted by Gasteiger charge is -2.04. The minimum atomic E-state index is 0.299. The second-order valence-electron chi connectivity index (χ2n) is 3.55. The predicted molar refractivity (Wildman–Crippen MR) is 61.1 cm³/mol. The second-order valence-corrected chi connectivity index (χ2v) is 3.55. The van der Waals surface area contributed by atoms with Crippen molar-refractivity contribution in [3.8, 4) is 5.75 Å². The standard InChI is InChI=1S/C13H18O2/c1-2-3-7-12(14)10-11-15-13-8-5-4-6-9-13/h4-6,8-9H,2-3,7,10-11H2,1H3. The molecule has 0 radical (unpaired) electrons. The van der Waals surface area contributed by atoms with Gasteiger partial charge in [-0.05, 0) is 18.6 Å². The van der Waals surface area contributed by atoms with E-state index in [1.807, 2.05) is 30.3 Å². The van der Waals surface area contributed by atoms with Gasteiger partial charge in [0.25, 0.3) is 0 Å². The van der Waals surface area contributed by atoms with E-state index in [1.165, 1.54) is 0 Å². The smallest absolute Gasteiger partial charge is 0.136 e. The molecule has 0 atom stereocenters. The first-order valence-electron chi connectivity index (χ1n) is 5.52. The summed E-state index contributed by atoms with van der Waals surface area (Å²) in [6, 6.07) is 9.59. The maximum Gasteiger partial charge on any atom is 0.136 e. The zero-order chi connectivity index (χ0) is 10.9. The third-order valence-electron chi connectivity index (χ3n) is 2.20. The molecule has 82 valence electrons. The molecule has 15 heavy (non-hydrogen) atoms. The maximum absolute atomic E-state index is 11.3. The molecule has 0 fully saturated rings. The highest BCUT2D eigenvalue weighted by molar-refractivity contribution is 5.78. The molecule has 0 saturated heterocycles. The number of ether oxygens (including phenoxy) is 1. The summed E-state index contributed by atoms with van der Waals surface area (Å²) in [5.41, 5.74) is 0. The van der Waals surface area contributed by atoms with E-state index < -0.39 is 0 Å². The summed E-state index contributed by atoms with van der Waals surface area (Å²) < 4.78 is 5.44. The van der Waals surface area contributed by atoms with Crippen LogP contribution in [0.3, 0.4) is 0 Å². The zero-order valence-corrected chi connectivity index (χ0v) is 9.24. The van der Waals surface area contributed by atoms with Crippen LogP contribution in [0.5, 0.6) is 5.75 Å². The van der Waals surface area contributed by atoms with Gasteiger partial charge in [-0.3, -0.25) is 4.79 Å². The summed E-state index contributed by atoms with van der Waals surface area (Å²) in [5.74, 6) is 1.13. The molecule has 2 heteroatoms. The van der Waals surface area contributed by atoms with E-state index in [0.717, 1.165) is 18.6 Å². The van der Waals surface area contributed by atoms with Crippen molar-refractivity contribution in [3.63, 3.8) is 0 Å². The fourth-order valence-corrected chi connectivity index (χ4v) is 1.30. The number of para-hydroxylation sites is 1. The van der Waals surface area contributed by atoms with Gasteiger partial charge in [-0.15, -0.1) is 0 Å². The summed E-state index contributed by atoms with van der Waals surface area (Å²) in [5, 5.41) is 0. The summed E-state index contributed by atoms with van der Waals surface area (Å²) in [4.78, 5) is 11.3. The molecule has 0 unspecified atom stereocenters. The minimum absolute atomic E-state index is 0.299. The minimum Gasteiger partial charge on any atom is -0.493 e. The van der Waals surface area contributed by atoms with E-state index in [4.69, 9.17) is 4.74 Å². The van der Waals surface area contributed by atoms with Crippen molar-refractivity contribution in [2.24, 2.45) is 0 Å². The SMILES string of the molecule is CCCCC(=O)CCOc1ccccc1. The molecular weight excluding hydrogens is 188 g/mol. The van der Waals surface area contributed by atoms with E-state index in [2.05, 4.69) is 6.92 Å². The van der Waals surface area contributed by atoms with Crippen molar-refractivity contribution in [2.45, 2.75) is 32.6 Å². The average molecular weight is 206 g/mol. The van der Waals surface area contributed by atoms with E-state index in [1.54, 1.807) is 0 Å². The van der Waals surface area contributed by atoms with Gasteiger partial charge in [-0.25, -0.2) is 0 Å². The molecule has 0 saturated carbocycles. The highest BCUT2D eigenvalue weighted by atomic mass is 16.5. The van der Waals surface area contributed by atoms with Gasteiger partial charge < -0.3 is 4.74 Å². The van der Waals surface area contributed by atoms with Crippen molar-refractivity contribution in [1.82, 2.24) is 0 Å². The first-order chi connectivity index (χ1) is 7.33. The van der Waals surface area contributed by atoms with Crippen LogP contribution in [-0.4, -0.2) is 12.4 Å². The van der Waals surface area contributed by atoms with Crippen molar-refractivity contribution in [1.29, 1.82) is 0 Å². The number of carbonyl (C=O) groups excluding carboxylic acids is 1. The van der Waals surface area contributed by atoms with E-state index in [0.29, 0.717) is 25.2 Å². The van der Waals surface area contributed by atoms with Crippen LogP contribution in [0.1, 0.15) is 32.6 Å². The molecule has 0 bridgehead atoms. The monoisotopic (exact) mass is 206 g/mol. The van der Waals surface area contributed by atoms with Crippen LogP contribution < -0.4 is 4.74 Å². The third-order valence-corrected chi connectivity index (χ3v) is 2.20. The van der Waals surface area contributed by atoms with Crippen LogP contribution in [0.25, 0.3) is 0 Å². The summed E-state index contributed by atoms with van der Waals surface area (Å²) in [6.45, 7) is 2.58. The molecule has 0 heterocycles. The maximum atomic E-state index is 11.3. The number of hydrogen-bond donors (Lipinski definition) is 0. The van der Waals surface area contributed by atoms with Gasteiger partial charge in [-0.2, -0.15) is 0 Å². The molecular formula is C13H18O2. The Bertz CT molecular complexity index is 280. The van der Waals surface area contributed by atoms with Crippen molar-refractivity contribution in [3.05, 3.63) is 30.3 Å². The Hall–Kier alpha value is -1.31. The molecule has 1 aromatic rings. The highest BCUT2D eigenvalue weighted by Gasteiger charge is 2.01. The van der Waals surface area contributed by atoms with Gasteiger partial charge in [-0.1, -0.05) is 31.5 Å². The second kappa shape index (κ2) is 7.04. The fourth-order valence-electron chi connectivity index (χ4n) is 1.30. The van der Waals surface area contributed by atoms with Crippen LogP contribution in [0, 0.1) is 0 Å². The molecule has 0 N–H and O–H groups in total. The summed E-state index contributed by atoms with van der Waals surface area (Å²) in [6.07, 6.45) is 3.28. The number of hydrogen-bond acceptors (Lipinski definition) is 2. The molecule has 2 nitrogen and oxygen atoms in total.